The standard InChI is InChI=1S/C22H16FN3O/c1-14-22-18(10-19(25-14)21-11-24-13-27-21)17-4-2-3-5-20(17)26(22)12-15-6-8-16(23)9-7-15/h2-11,13H,12H2,1H3. The first-order chi connectivity index (χ1) is 13.2. The number of pyridine rings is 1. The molecule has 3 heterocycles. The van der Waals surface area contributed by atoms with E-state index in [1.807, 2.05) is 37.3 Å². The number of aromatic nitrogens is 3. The molecule has 132 valence electrons. The lowest BCUT2D eigenvalue weighted by atomic mass is 10.1. The van der Waals surface area contributed by atoms with Crippen LogP contribution in [-0.4, -0.2) is 14.5 Å². The Hall–Kier alpha value is -3.47. The highest BCUT2D eigenvalue weighted by Gasteiger charge is 2.16. The van der Waals surface area contributed by atoms with E-state index >= 15 is 0 Å². The molecule has 3 aromatic heterocycles. The second-order valence-corrected chi connectivity index (χ2v) is 6.58. The van der Waals surface area contributed by atoms with Crippen molar-refractivity contribution < 1.29 is 8.81 Å². The number of benzene rings is 2. The van der Waals surface area contributed by atoms with Crippen LogP contribution in [-0.2, 0) is 6.54 Å². The second-order valence-electron chi connectivity index (χ2n) is 6.58. The molecule has 5 heteroatoms. The van der Waals surface area contributed by atoms with E-state index in [0.717, 1.165) is 38.8 Å². The van der Waals surface area contributed by atoms with E-state index in [1.54, 1.807) is 6.20 Å². The van der Waals surface area contributed by atoms with Crippen molar-refractivity contribution >= 4 is 21.8 Å². The minimum atomic E-state index is -0.226. The van der Waals surface area contributed by atoms with Crippen LogP contribution in [0.4, 0.5) is 4.39 Å². The summed E-state index contributed by atoms with van der Waals surface area (Å²) in [5, 5.41) is 2.27. The number of para-hydroxylation sites is 1. The summed E-state index contributed by atoms with van der Waals surface area (Å²) in [6.45, 7) is 2.65. The second kappa shape index (κ2) is 6.06. The lowest BCUT2D eigenvalue weighted by Gasteiger charge is -2.10. The number of aryl methyl sites for hydroxylation is 1. The van der Waals surface area contributed by atoms with Crippen molar-refractivity contribution in [3.8, 4) is 11.5 Å². The van der Waals surface area contributed by atoms with Gasteiger partial charge in [0.2, 0.25) is 0 Å². The molecule has 0 fully saturated rings. The number of hydrogen-bond acceptors (Lipinski definition) is 3. The molecular formula is C22H16FN3O. The van der Waals surface area contributed by atoms with Crippen molar-refractivity contribution in [2.45, 2.75) is 13.5 Å². The fourth-order valence-electron chi connectivity index (χ4n) is 3.67. The van der Waals surface area contributed by atoms with E-state index in [0.29, 0.717) is 12.3 Å². The molecule has 0 N–H and O–H groups in total. The molecule has 2 aromatic carbocycles. The summed E-state index contributed by atoms with van der Waals surface area (Å²) >= 11 is 0. The van der Waals surface area contributed by atoms with Gasteiger partial charge in [-0.1, -0.05) is 30.3 Å². The van der Waals surface area contributed by atoms with E-state index in [2.05, 4.69) is 21.7 Å². The quantitative estimate of drug-likeness (QED) is 0.438. The summed E-state index contributed by atoms with van der Waals surface area (Å²) < 4.78 is 21.0. The third kappa shape index (κ3) is 2.59. The number of fused-ring (bicyclic) bond motifs is 3. The van der Waals surface area contributed by atoms with Crippen molar-refractivity contribution in [1.82, 2.24) is 14.5 Å². The van der Waals surface area contributed by atoms with Crippen LogP contribution in [0, 0.1) is 12.7 Å². The molecule has 5 aromatic rings. The smallest absolute Gasteiger partial charge is 0.181 e. The Morgan fingerprint density at radius 3 is 2.63 bits per heavy atom. The predicted molar refractivity (Wildman–Crippen MR) is 103 cm³/mol. The SMILES string of the molecule is Cc1nc(-c2cnco2)cc2c3ccccc3n(Cc3ccc(F)cc3)c12. The predicted octanol–water partition coefficient (Wildman–Crippen LogP) is 5.34. The van der Waals surface area contributed by atoms with E-state index in [9.17, 15) is 4.39 Å². The monoisotopic (exact) mass is 357 g/mol. The normalized spacial score (nSPS) is 11.5. The lowest BCUT2D eigenvalue weighted by Crippen LogP contribution is -2.01. The largest absolute Gasteiger partial charge is 0.442 e. The minimum absolute atomic E-state index is 0.226. The molecule has 0 aliphatic heterocycles. The molecular weight excluding hydrogens is 341 g/mol. The Labute approximate surface area is 154 Å². The lowest BCUT2D eigenvalue weighted by molar-refractivity contribution is 0.570. The molecule has 0 saturated carbocycles. The first kappa shape index (κ1) is 15.8. The van der Waals surface area contributed by atoms with Crippen LogP contribution in [0.2, 0.25) is 0 Å². The highest BCUT2D eigenvalue weighted by atomic mass is 19.1. The first-order valence-electron chi connectivity index (χ1n) is 8.72. The third-order valence-electron chi connectivity index (χ3n) is 4.86. The maximum Gasteiger partial charge on any atom is 0.181 e. The molecule has 0 bridgehead atoms. The van der Waals surface area contributed by atoms with Crippen LogP contribution in [0.3, 0.4) is 0 Å². The summed E-state index contributed by atoms with van der Waals surface area (Å²) in [7, 11) is 0. The summed E-state index contributed by atoms with van der Waals surface area (Å²) in [4.78, 5) is 8.74. The van der Waals surface area contributed by atoms with Crippen LogP contribution in [0.1, 0.15) is 11.3 Å². The van der Waals surface area contributed by atoms with Gasteiger partial charge in [-0.2, -0.15) is 0 Å². The van der Waals surface area contributed by atoms with Crippen molar-refractivity contribution in [3.05, 3.63) is 84.3 Å². The number of hydrogen-bond donors (Lipinski definition) is 0. The average Bonchev–Trinajstić information content (AvgIpc) is 3.31. The average molecular weight is 357 g/mol. The molecule has 0 aliphatic rings. The zero-order chi connectivity index (χ0) is 18.4. The van der Waals surface area contributed by atoms with Gasteiger partial charge < -0.3 is 8.98 Å². The number of rotatable bonds is 3. The Morgan fingerprint density at radius 2 is 1.85 bits per heavy atom. The van der Waals surface area contributed by atoms with Crippen LogP contribution in [0.5, 0.6) is 0 Å². The summed E-state index contributed by atoms with van der Waals surface area (Å²) in [6, 6.07) is 17.0. The zero-order valence-electron chi connectivity index (χ0n) is 14.7. The van der Waals surface area contributed by atoms with E-state index in [1.165, 1.54) is 18.5 Å². The molecule has 0 radical (unpaired) electrons. The van der Waals surface area contributed by atoms with Gasteiger partial charge in [-0.3, -0.25) is 0 Å². The number of oxazole rings is 1. The molecule has 0 atom stereocenters. The number of nitrogens with zero attached hydrogens (tertiary/aromatic N) is 3. The summed E-state index contributed by atoms with van der Waals surface area (Å²) in [5.41, 5.74) is 4.91. The van der Waals surface area contributed by atoms with Gasteiger partial charge in [-0.15, -0.1) is 0 Å². The van der Waals surface area contributed by atoms with Crippen LogP contribution in [0.15, 0.2) is 71.6 Å². The fourth-order valence-corrected chi connectivity index (χ4v) is 3.67. The Bertz CT molecular complexity index is 1250. The van der Waals surface area contributed by atoms with Gasteiger partial charge >= 0.3 is 0 Å². The summed E-state index contributed by atoms with van der Waals surface area (Å²) in [6.07, 6.45) is 3.08. The van der Waals surface area contributed by atoms with Gasteiger partial charge in [0.25, 0.3) is 0 Å². The first-order valence-corrected chi connectivity index (χ1v) is 8.72. The topological polar surface area (TPSA) is 43.9 Å². The highest BCUT2D eigenvalue weighted by molar-refractivity contribution is 6.09. The van der Waals surface area contributed by atoms with Crippen molar-refractivity contribution in [2.24, 2.45) is 0 Å². The summed E-state index contributed by atoms with van der Waals surface area (Å²) in [5.74, 6) is 0.422. The molecule has 0 amide bonds. The third-order valence-corrected chi connectivity index (χ3v) is 4.86. The zero-order valence-corrected chi connectivity index (χ0v) is 14.7. The Balaban J connectivity index is 1.77. The molecule has 0 unspecified atom stereocenters. The van der Waals surface area contributed by atoms with Gasteiger partial charge in [0.05, 0.1) is 17.4 Å². The van der Waals surface area contributed by atoms with E-state index in [4.69, 9.17) is 9.40 Å². The van der Waals surface area contributed by atoms with Crippen molar-refractivity contribution in [2.75, 3.05) is 0 Å². The molecule has 0 spiro atoms. The highest BCUT2D eigenvalue weighted by Crippen LogP contribution is 2.33. The van der Waals surface area contributed by atoms with Gasteiger partial charge in [-0.25, -0.2) is 14.4 Å². The van der Waals surface area contributed by atoms with E-state index in [-0.39, 0.29) is 5.82 Å². The molecule has 0 saturated heterocycles. The van der Waals surface area contributed by atoms with Crippen LogP contribution >= 0.6 is 0 Å². The molecule has 5 rings (SSSR count). The Kier molecular flexibility index (Phi) is 3.53. The van der Waals surface area contributed by atoms with Gasteiger partial charge in [0.1, 0.15) is 11.5 Å². The molecule has 27 heavy (non-hydrogen) atoms. The Morgan fingerprint density at radius 1 is 1.04 bits per heavy atom. The van der Waals surface area contributed by atoms with Gasteiger partial charge in [0.15, 0.2) is 12.2 Å². The van der Waals surface area contributed by atoms with Crippen molar-refractivity contribution in [3.63, 3.8) is 0 Å². The van der Waals surface area contributed by atoms with E-state index < -0.39 is 0 Å². The van der Waals surface area contributed by atoms with Gasteiger partial charge in [0, 0.05) is 22.8 Å². The van der Waals surface area contributed by atoms with Crippen LogP contribution in [0.25, 0.3) is 33.3 Å². The minimum Gasteiger partial charge on any atom is -0.442 e. The van der Waals surface area contributed by atoms with Gasteiger partial charge in [-0.05, 0) is 36.8 Å². The maximum absolute atomic E-state index is 13.3. The van der Waals surface area contributed by atoms with Crippen molar-refractivity contribution in [1.29, 1.82) is 0 Å². The maximum atomic E-state index is 13.3. The fraction of sp³-hybridized carbons (Fsp3) is 0.0909. The molecule has 0 aliphatic carbocycles. The molecule has 4 nitrogen and oxygen atoms in total. The number of halogens is 1. The van der Waals surface area contributed by atoms with Crippen LogP contribution < -0.4 is 0 Å².